The molecule has 0 saturated heterocycles. The zero-order chi connectivity index (χ0) is 23.8. The minimum Gasteiger partial charge on any atom is -0.283 e. The molecule has 0 fully saturated rings. The molecule has 5 aromatic rings. The van der Waals surface area contributed by atoms with Gasteiger partial charge in [-0.05, 0) is 61.0 Å². The van der Waals surface area contributed by atoms with Crippen molar-refractivity contribution in [3.05, 3.63) is 115 Å². The molecule has 0 N–H and O–H groups in total. The molecular weight excluding hydrogens is 532 g/mol. The van der Waals surface area contributed by atoms with Crippen molar-refractivity contribution in [2.45, 2.75) is 6.92 Å². The van der Waals surface area contributed by atoms with Crippen molar-refractivity contribution < 1.29 is 0 Å². The van der Waals surface area contributed by atoms with Crippen LogP contribution in [0.2, 0.25) is 5.02 Å². The molecule has 8 heteroatoms. The number of benzene rings is 3. The molecule has 2 aromatic heterocycles. The molecule has 0 radical (unpaired) electrons. The van der Waals surface area contributed by atoms with E-state index in [2.05, 4.69) is 15.9 Å². The third-order valence-corrected chi connectivity index (χ3v) is 7.25. The Hall–Kier alpha value is -3.13. The van der Waals surface area contributed by atoms with Crippen LogP contribution >= 0.6 is 38.9 Å². The van der Waals surface area contributed by atoms with Crippen molar-refractivity contribution in [3.8, 4) is 22.6 Å². The Labute approximate surface area is 214 Å². The highest BCUT2D eigenvalue weighted by Crippen LogP contribution is 2.26. The zero-order valence-electron chi connectivity index (χ0n) is 18.4. The van der Waals surface area contributed by atoms with E-state index in [4.69, 9.17) is 16.6 Å². The van der Waals surface area contributed by atoms with Gasteiger partial charge in [0.25, 0.3) is 5.56 Å². The molecule has 0 atom stereocenters. The maximum atomic E-state index is 13.9. The van der Waals surface area contributed by atoms with Gasteiger partial charge in [0.15, 0.2) is 4.80 Å². The average molecular weight is 552 g/mol. The molecule has 3 aromatic carbocycles. The summed E-state index contributed by atoms with van der Waals surface area (Å²) in [6.07, 6.45) is 0. The molecule has 0 bridgehead atoms. The van der Waals surface area contributed by atoms with Gasteiger partial charge in [-0.3, -0.25) is 14.0 Å². The maximum Gasteiger partial charge on any atom is 0.296 e. The van der Waals surface area contributed by atoms with Gasteiger partial charge >= 0.3 is 0 Å². The van der Waals surface area contributed by atoms with Gasteiger partial charge in [-0.25, -0.2) is 9.67 Å². The topological polar surface area (TPSA) is 44.2 Å². The monoisotopic (exact) mass is 550 g/mol. The van der Waals surface area contributed by atoms with E-state index in [9.17, 15) is 4.79 Å². The van der Waals surface area contributed by atoms with Crippen LogP contribution in [0.1, 0.15) is 5.69 Å². The number of hydrogen-bond donors (Lipinski definition) is 0. The van der Waals surface area contributed by atoms with Crippen LogP contribution in [-0.2, 0) is 7.05 Å². The minimum absolute atomic E-state index is 0.114. The Morgan fingerprint density at radius 2 is 1.62 bits per heavy atom. The predicted octanol–water partition coefficient (Wildman–Crippen LogP) is 6.65. The number of halogens is 2. The highest BCUT2D eigenvalue weighted by Gasteiger charge is 2.22. The van der Waals surface area contributed by atoms with Gasteiger partial charge < -0.3 is 0 Å². The normalized spacial score (nSPS) is 11.8. The number of aromatic nitrogens is 3. The lowest BCUT2D eigenvalue weighted by atomic mass is 10.1. The van der Waals surface area contributed by atoms with Gasteiger partial charge in [0, 0.05) is 21.9 Å². The van der Waals surface area contributed by atoms with Crippen molar-refractivity contribution in [1.29, 1.82) is 0 Å². The molecule has 0 saturated carbocycles. The molecule has 0 spiro atoms. The highest BCUT2D eigenvalue weighted by molar-refractivity contribution is 9.10. The Kier molecular flexibility index (Phi) is 6.16. The lowest BCUT2D eigenvalue weighted by molar-refractivity contribution is 0.630. The minimum atomic E-state index is -0.114. The van der Waals surface area contributed by atoms with Crippen molar-refractivity contribution in [2.24, 2.45) is 12.0 Å². The number of rotatable bonds is 4. The summed E-state index contributed by atoms with van der Waals surface area (Å²) >= 11 is 11.1. The lowest BCUT2D eigenvalue weighted by Crippen LogP contribution is -2.24. The standard InChI is InChI=1S/C26H20BrClN4OS/c1-17-24(25(33)32(30(17)2)22-6-4-3-5-7-22)31-23(18-8-12-20(28)13-9-18)16-34-26(31)29-21-14-10-19(27)11-15-21/h3-16H,1-2H3. The van der Waals surface area contributed by atoms with Crippen LogP contribution in [0.5, 0.6) is 0 Å². The number of nitrogens with zero attached hydrogens (tertiary/aromatic N) is 4. The van der Waals surface area contributed by atoms with Crippen LogP contribution in [0, 0.1) is 6.92 Å². The fraction of sp³-hybridized carbons (Fsp3) is 0.0769. The van der Waals surface area contributed by atoms with Crippen LogP contribution in [0.25, 0.3) is 22.6 Å². The van der Waals surface area contributed by atoms with Gasteiger partial charge in [-0.1, -0.05) is 57.9 Å². The maximum absolute atomic E-state index is 13.9. The van der Waals surface area contributed by atoms with Crippen LogP contribution in [0.3, 0.4) is 0 Å². The Morgan fingerprint density at radius 3 is 2.29 bits per heavy atom. The van der Waals surface area contributed by atoms with E-state index in [1.807, 2.05) is 107 Å². The van der Waals surface area contributed by atoms with Crippen LogP contribution in [0.4, 0.5) is 5.69 Å². The van der Waals surface area contributed by atoms with Gasteiger partial charge in [-0.2, -0.15) is 0 Å². The van der Waals surface area contributed by atoms with Crippen molar-refractivity contribution in [1.82, 2.24) is 13.9 Å². The fourth-order valence-electron chi connectivity index (χ4n) is 3.86. The first-order valence-corrected chi connectivity index (χ1v) is 12.6. The largest absolute Gasteiger partial charge is 0.296 e. The molecule has 170 valence electrons. The molecular formula is C26H20BrClN4OS. The van der Waals surface area contributed by atoms with E-state index >= 15 is 0 Å². The third-order valence-electron chi connectivity index (χ3n) is 5.65. The van der Waals surface area contributed by atoms with E-state index in [-0.39, 0.29) is 5.56 Å². The molecule has 5 nitrogen and oxygen atoms in total. The van der Waals surface area contributed by atoms with Crippen LogP contribution < -0.4 is 10.4 Å². The fourth-order valence-corrected chi connectivity index (χ4v) is 5.17. The molecule has 0 aliphatic rings. The number of thiazole rings is 1. The predicted molar refractivity (Wildman–Crippen MR) is 143 cm³/mol. The van der Waals surface area contributed by atoms with Crippen molar-refractivity contribution >= 4 is 44.6 Å². The molecule has 0 aliphatic carbocycles. The Bertz CT molecular complexity index is 1590. The summed E-state index contributed by atoms with van der Waals surface area (Å²) in [6.45, 7) is 1.95. The first-order chi connectivity index (χ1) is 16.4. The summed E-state index contributed by atoms with van der Waals surface area (Å²) < 4.78 is 6.50. The second-order valence-corrected chi connectivity index (χ2v) is 9.93. The first kappa shape index (κ1) is 22.7. The molecule has 5 rings (SSSR count). The summed E-state index contributed by atoms with van der Waals surface area (Å²) in [5, 5.41) is 2.69. The average Bonchev–Trinajstić information content (AvgIpc) is 3.34. The highest BCUT2D eigenvalue weighted by atomic mass is 79.9. The summed E-state index contributed by atoms with van der Waals surface area (Å²) in [5.74, 6) is 0. The molecule has 34 heavy (non-hydrogen) atoms. The number of para-hydroxylation sites is 1. The Balaban J connectivity index is 1.81. The van der Waals surface area contributed by atoms with E-state index in [1.165, 1.54) is 11.3 Å². The first-order valence-electron chi connectivity index (χ1n) is 10.6. The lowest BCUT2D eigenvalue weighted by Gasteiger charge is -2.08. The van der Waals surface area contributed by atoms with Crippen LogP contribution in [-0.4, -0.2) is 13.9 Å². The molecule has 0 unspecified atom stereocenters. The number of hydrogen-bond acceptors (Lipinski definition) is 3. The van der Waals surface area contributed by atoms with Gasteiger partial charge in [0.2, 0.25) is 0 Å². The Morgan fingerprint density at radius 1 is 0.941 bits per heavy atom. The zero-order valence-corrected chi connectivity index (χ0v) is 21.6. The van der Waals surface area contributed by atoms with E-state index in [0.717, 1.165) is 32.8 Å². The smallest absolute Gasteiger partial charge is 0.283 e. The van der Waals surface area contributed by atoms with Crippen LogP contribution in [0.15, 0.2) is 98.5 Å². The summed E-state index contributed by atoms with van der Waals surface area (Å²) in [5.41, 5.74) is 4.72. The van der Waals surface area contributed by atoms with Crippen molar-refractivity contribution in [2.75, 3.05) is 0 Å². The summed E-state index contributed by atoms with van der Waals surface area (Å²) in [4.78, 5) is 19.5. The SMILES string of the molecule is Cc1c(-n2c(-c3ccc(Cl)cc3)csc2=Nc2ccc(Br)cc2)c(=O)n(-c2ccccc2)n1C. The molecule has 0 amide bonds. The summed E-state index contributed by atoms with van der Waals surface area (Å²) in [6, 6.07) is 25.0. The second kappa shape index (κ2) is 9.25. The van der Waals surface area contributed by atoms with E-state index < -0.39 is 0 Å². The van der Waals surface area contributed by atoms with Gasteiger partial charge in [-0.15, -0.1) is 11.3 Å². The molecule has 0 aliphatic heterocycles. The van der Waals surface area contributed by atoms with Gasteiger partial charge in [0.05, 0.1) is 22.8 Å². The molecule has 2 heterocycles. The van der Waals surface area contributed by atoms with Gasteiger partial charge in [0.1, 0.15) is 5.69 Å². The third kappa shape index (κ3) is 4.11. The van der Waals surface area contributed by atoms with E-state index in [0.29, 0.717) is 15.5 Å². The second-order valence-electron chi connectivity index (χ2n) is 7.74. The quantitative estimate of drug-likeness (QED) is 0.247. The summed E-state index contributed by atoms with van der Waals surface area (Å²) in [7, 11) is 1.90. The van der Waals surface area contributed by atoms with E-state index in [1.54, 1.807) is 4.68 Å². The van der Waals surface area contributed by atoms with Crippen molar-refractivity contribution in [3.63, 3.8) is 0 Å².